The van der Waals surface area contributed by atoms with Gasteiger partial charge in [0.15, 0.2) is 0 Å². The van der Waals surface area contributed by atoms with Crippen LogP contribution >= 0.6 is 0 Å². The van der Waals surface area contributed by atoms with Gasteiger partial charge in [-0.3, -0.25) is 9.59 Å². The number of ether oxygens (including phenoxy) is 1. The van der Waals surface area contributed by atoms with Crippen LogP contribution in [0.4, 0.5) is 0 Å². The zero-order valence-corrected chi connectivity index (χ0v) is 16.4. The molecule has 0 bridgehead atoms. The lowest BCUT2D eigenvalue weighted by Gasteiger charge is -2.24. The van der Waals surface area contributed by atoms with Crippen molar-refractivity contribution in [3.05, 3.63) is 65.2 Å². The quantitative estimate of drug-likeness (QED) is 0.870. The predicted molar refractivity (Wildman–Crippen MR) is 107 cm³/mol. The van der Waals surface area contributed by atoms with E-state index in [2.05, 4.69) is 17.4 Å². The van der Waals surface area contributed by atoms with Crippen LogP contribution in [-0.4, -0.2) is 41.4 Å². The molecule has 0 aromatic heterocycles. The summed E-state index contributed by atoms with van der Waals surface area (Å²) < 4.78 is 5.61. The predicted octanol–water partition coefficient (Wildman–Crippen LogP) is 2.97. The van der Waals surface area contributed by atoms with Gasteiger partial charge in [-0.05, 0) is 62.1 Å². The first kappa shape index (κ1) is 18.5. The number of hydrogen-bond donors (Lipinski definition) is 1. The zero-order chi connectivity index (χ0) is 19.7. The third-order valence-corrected chi connectivity index (χ3v) is 5.45. The lowest BCUT2D eigenvalue weighted by Crippen LogP contribution is -2.41. The molecule has 5 heteroatoms. The van der Waals surface area contributed by atoms with Gasteiger partial charge in [0.05, 0.1) is 12.1 Å². The summed E-state index contributed by atoms with van der Waals surface area (Å²) in [4.78, 5) is 27.1. The van der Waals surface area contributed by atoms with Crippen LogP contribution < -0.4 is 10.1 Å². The van der Waals surface area contributed by atoms with Crippen molar-refractivity contribution in [2.24, 2.45) is 0 Å². The summed E-state index contributed by atoms with van der Waals surface area (Å²) >= 11 is 0. The van der Waals surface area contributed by atoms with Crippen LogP contribution in [0.1, 0.15) is 41.8 Å². The van der Waals surface area contributed by atoms with Gasteiger partial charge in [0, 0.05) is 24.6 Å². The van der Waals surface area contributed by atoms with Gasteiger partial charge in [0.2, 0.25) is 5.91 Å². The molecule has 1 heterocycles. The number of amides is 2. The maximum absolute atomic E-state index is 12.6. The lowest BCUT2D eigenvalue weighted by atomic mass is 10.1. The number of carbonyl (C=O) groups is 2. The Balaban J connectivity index is 1.35. The second-order valence-electron chi connectivity index (χ2n) is 7.94. The van der Waals surface area contributed by atoms with E-state index in [1.807, 2.05) is 30.9 Å². The molecule has 0 radical (unpaired) electrons. The molecule has 1 fully saturated rings. The highest BCUT2D eigenvalue weighted by Gasteiger charge is 2.37. The van der Waals surface area contributed by atoms with Crippen molar-refractivity contribution >= 4 is 11.8 Å². The fourth-order valence-corrected chi connectivity index (χ4v) is 4.16. The average molecular weight is 378 g/mol. The van der Waals surface area contributed by atoms with Crippen molar-refractivity contribution in [3.8, 4) is 5.75 Å². The maximum Gasteiger partial charge on any atom is 0.251 e. The molecular formula is C23H26N2O3. The molecule has 1 atom stereocenters. The molecule has 146 valence electrons. The van der Waals surface area contributed by atoms with E-state index < -0.39 is 0 Å². The molecule has 2 aromatic carbocycles. The summed E-state index contributed by atoms with van der Waals surface area (Å²) in [6.45, 7) is 4.51. The van der Waals surface area contributed by atoms with Crippen molar-refractivity contribution in [1.82, 2.24) is 10.2 Å². The fourth-order valence-electron chi connectivity index (χ4n) is 4.16. The summed E-state index contributed by atoms with van der Waals surface area (Å²) in [5, 5.41) is 3.02. The Kier molecular flexibility index (Phi) is 5.07. The first-order valence-corrected chi connectivity index (χ1v) is 9.93. The van der Waals surface area contributed by atoms with Crippen LogP contribution in [0.15, 0.2) is 48.5 Å². The Bertz CT molecular complexity index is 851. The van der Waals surface area contributed by atoms with E-state index in [0.29, 0.717) is 18.5 Å². The van der Waals surface area contributed by atoms with Crippen LogP contribution in [-0.2, 0) is 17.6 Å². The van der Waals surface area contributed by atoms with Gasteiger partial charge in [-0.1, -0.05) is 24.3 Å². The second-order valence-corrected chi connectivity index (χ2v) is 7.94. The minimum Gasteiger partial charge on any atom is -0.491 e. The molecule has 4 rings (SSSR count). The summed E-state index contributed by atoms with van der Waals surface area (Å²) in [7, 11) is 0. The fraction of sp³-hybridized carbons (Fsp3) is 0.391. The third kappa shape index (κ3) is 3.88. The highest BCUT2D eigenvalue weighted by atomic mass is 16.5. The molecule has 2 aromatic rings. The molecule has 0 spiro atoms. The Morgan fingerprint density at radius 3 is 2.29 bits per heavy atom. The number of rotatable bonds is 5. The molecule has 1 saturated heterocycles. The normalized spacial score (nSPS) is 19.2. The largest absolute Gasteiger partial charge is 0.491 e. The maximum atomic E-state index is 12.6. The number of likely N-dealkylation sites (tertiary alicyclic amines) is 1. The Hall–Kier alpha value is -2.82. The van der Waals surface area contributed by atoms with E-state index in [1.54, 1.807) is 24.3 Å². The first-order chi connectivity index (χ1) is 13.5. The van der Waals surface area contributed by atoms with Crippen molar-refractivity contribution < 1.29 is 14.3 Å². The van der Waals surface area contributed by atoms with Gasteiger partial charge in [-0.2, -0.15) is 0 Å². The van der Waals surface area contributed by atoms with Crippen LogP contribution in [0.5, 0.6) is 5.75 Å². The van der Waals surface area contributed by atoms with Gasteiger partial charge in [0.1, 0.15) is 5.75 Å². The van der Waals surface area contributed by atoms with Crippen molar-refractivity contribution in [2.45, 2.75) is 51.3 Å². The highest BCUT2D eigenvalue weighted by molar-refractivity contribution is 5.95. The number of fused-ring (bicyclic) bond motifs is 1. The van der Waals surface area contributed by atoms with Gasteiger partial charge in [-0.15, -0.1) is 0 Å². The van der Waals surface area contributed by atoms with Crippen LogP contribution in [0.2, 0.25) is 0 Å². The first-order valence-electron chi connectivity index (χ1n) is 9.93. The topological polar surface area (TPSA) is 58.6 Å². The number of nitrogens with one attached hydrogen (secondary N) is 1. The van der Waals surface area contributed by atoms with E-state index in [-0.39, 0.29) is 30.0 Å². The minimum absolute atomic E-state index is 0.0943. The molecule has 2 amide bonds. The van der Waals surface area contributed by atoms with E-state index >= 15 is 0 Å². The molecule has 5 nitrogen and oxygen atoms in total. The Labute approximate surface area is 165 Å². The number of carbonyl (C=O) groups excluding carboxylic acids is 2. The van der Waals surface area contributed by atoms with Crippen LogP contribution in [0.25, 0.3) is 0 Å². The molecule has 1 aliphatic carbocycles. The zero-order valence-electron chi connectivity index (χ0n) is 16.4. The molecule has 0 unspecified atom stereocenters. The summed E-state index contributed by atoms with van der Waals surface area (Å²) in [5.41, 5.74) is 3.24. The van der Waals surface area contributed by atoms with E-state index in [4.69, 9.17) is 4.74 Å². The van der Waals surface area contributed by atoms with Gasteiger partial charge in [0.25, 0.3) is 5.91 Å². The standard InChI is InChI=1S/C23H26N2O3/c1-15(2)28-21-9-7-16(8-10-21)23(27)24-19-13-22(26)25(14-19)20-11-17-5-3-4-6-18(17)12-20/h3-10,15,19-20H,11-14H2,1-2H3,(H,24,27)/t19-/m0/s1. The van der Waals surface area contributed by atoms with Gasteiger partial charge >= 0.3 is 0 Å². The van der Waals surface area contributed by atoms with Crippen LogP contribution in [0, 0.1) is 0 Å². The smallest absolute Gasteiger partial charge is 0.251 e. The second kappa shape index (κ2) is 7.66. The molecule has 0 saturated carbocycles. The van der Waals surface area contributed by atoms with Crippen LogP contribution in [0.3, 0.4) is 0 Å². The molecule has 28 heavy (non-hydrogen) atoms. The highest BCUT2D eigenvalue weighted by Crippen LogP contribution is 2.28. The lowest BCUT2D eigenvalue weighted by molar-refractivity contribution is -0.129. The summed E-state index contributed by atoms with van der Waals surface area (Å²) in [6, 6.07) is 15.6. The monoisotopic (exact) mass is 378 g/mol. The molecule has 2 aliphatic rings. The molecular weight excluding hydrogens is 352 g/mol. The summed E-state index contributed by atoms with van der Waals surface area (Å²) in [5.74, 6) is 0.726. The number of benzene rings is 2. The van der Waals surface area contributed by atoms with E-state index in [9.17, 15) is 9.59 Å². The number of hydrogen-bond acceptors (Lipinski definition) is 3. The average Bonchev–Trinajstić information content (AvgIpc) is 3.24. The van der Waals surface area contributed by atoms with Crippen molar-refractivity contribution in [3.63, 3.8) is 0 Å². The van der Waals surface area contributed by atoms with E-state index in [1.165, 1.54) is 11.1 Å². The molecule has 1 aliphatic heterocycles. The van der Waals surface area contributed by atoms with Crippen molar-refractivity contribution in [1.29, 1.82) is 0 Å². The molecule has 1 N–H and O–H groups in total. The van der Waals surface area contributed by atoms with E-state index in [0.717, 1.165) is 18.6 Å². The van der Waals surface area contributed by atoms with Crippen molar-refractivity contribution in [2.75, 3.05) is 6.54 Å². The Morgan fingerprint density at radius 2 is 1.68 bits per heavy atom. The van der Waals surface area contributed by atoms with Gasteiger partial charge < -0.3 is 15.0 Å². The summed E-state index contributed by atoms with van der Waals surface area (Å²) in [6.07, 6.45) is 2.27. The SMILES string of the molecule is CC(C)Oc1ccc(C(=O)N[C@H]2CC(=O)N(C3Cc4ccccc4C3)C2)cc1. The number of nitrogens with zero attached hydrogens (tertiary/aromatic N) is 1. The Morgan fingerprint density at radius 1 is 1.04 bits per heavy atom. The van der Waals surface area contributed by atoms with Gasteiger partial charge in [-0.25, -0.2) is 0 Å². The third-order valence-electron chi connectivity index (χ3n) is 5.45. The minimum atomic E-state index is -0.148.